The molecule has 4 nitrogen and oxygen atoms in total. The summed E-state index contributed by atoms with van der Waals surface area (Å²) in [5, 5.41) is 8.03. The quantitative estimate of drug-likeness (QED) is 0.694. The second-order valence-electron chi connectivity index (χ2n) is 3.80. The molecule has 0 N–H and O–H groups in total. The highest BCUT2D eigenvalue weighted by molar-refractivity contribution is 5.60. The van der Waals surface area contributed by atoms with Gasteiger partial charge in [0.25, 0.3) is 0 Å². The summed E-state index contributed by atoms with van der Waals surface area (Å²) in [7, 11) is 1.58. The minimum atomic E-state index is -0.317. The van der Waals surface area contributed by atoms with Crippen LogP contribution >= 0.6 is 0 Å². The van der Waals surface area contributed by atoms with Crippen molar-refractivity contribution in [2.45, 2.75) is 0 Å². The number of pyridine rings is 1. The molecule has 0 fully saturated rings. The summed E-state index contributed by atoms with van der Waals surface area (Å²) in [6, 6.07) is 10.0. The number of hydrogen-bond donors (Lipinski definition) is 0. The molecule has 0 spiro atoms. The SMILES string of the molecule is COc1ccn2c(-c3ccccc3F)nnc2c1. The topological polar surface area (TPSA) is 39.4 Å². The van der Waals surface area contributed by atoms with Crippen molar-refractivity contribution in [3.05, 3.63) is 48.4 Å². The molecule has 0 saturated carbocycles. The van der Waals surface area contributed by atoms with E-state index in [9.17, 15) is 4.39 Å². The van der Waals surface area contributed by atoms with Crippen molar-refractivity contribution in [3.63, 3.8) is 0 Å². The van der Waals surface area contributed by atoms with Crippen molar-refractivity contribution in [2.75, 3.05) is 7.11 Å². The first-order valence-corrected chi connectivity index (χ1v) is 5.43. The highest BCUT2D eigenvalue weighted by atomic mass is 19.1. The number of aromatic nitrogens is 3. The molecule has 0 amide bonds. The molecule has 18 heavy (non-hydrogen) atoms. The van der Waals surface area contributed by atoms with E-state index in [0.29, 0.717) is 22.8 Å². The van der Waals surface area contributed by atoms with Crippen LogP contribution in [-0.4, -0.2) is 21.7 Å². The van der Waals surface area contributed by atoms with Crippen LogP contribution in [0.15, 0.2) is 42.6 Å². The third-order valence-corrected chi connectivity index (χ3v) is 2.73. The zero-order chi connectivity index (χ0) is 12.5. The van der Waals surface area contributed by atoms with Gasteiger partial charge in [-0.3, -0.25) is 4.40 Å². The highest BCUT2D eigenvalue weighted by Crippen LogP contribution is 2.22. The Morgan fingerprint density at radius 2 is 2.00 bits per heavy atom. The molecule has 0 atom stereocenters. The number of fused-ring (bicyclic) bond motifs is 1. The highest BCUT2D eigenvalue weighted by Gasteiger charge is 2.12. The molecule has 1 aromatic carbocycles. The molecule has 5 heteroatoms. The van der Waals surface area contributed by atoms with Gasteiger partial charge in [-0.2, -0.15) is 0 Å². The number of rotatable bonds is 2. The summed E-state index contributed by atoms with van der Waals surface area (Å²) >= 11 is 0. The number of halogens is 1. The van der Waals surface area contributed by atoms with Crippen LogP contribution in [0.2, 0.25) is 0 Å². The molecule has 0 unspecified atom stereocenters. The molecule has 0 aliphatic rings. The third kappa shape index (κ3) is 1.60. The second-order valence-corrected chi connectivity index (χ2v) is 3.80. The van der Waals surface area contributed by atoms with Gasteiger partial charge >= 0.3 is 0 Å². The van der Waals surface area contributed by atoms with E-state index in [-0.39, 0.29) is 5.82 Å². The molecular formula is C13H10FN3O. The van der Waals surface area contributed by atoms with E-state index in [0.717, 1.165) is 0 Å². The van der Waals surface area contributed by atoms with E-state index in [1.165, 1.54) is 6.07 Å². The molecule has 2 aromatic heterocycles. The van der Waals surface area contributed by atoms with Crippen LogP contribution in [0.25, 0.3) is 17.0 Å². The van der Waals surface area contributed by atoms with Crippen LogP contribution < -0.4 is 4.74 Å². The first kappa shape index (κ1) is 10.7. The van der Waals surface area contributed by atoms with Gasteiger partial charge in [0.05, 0.1) is 12.7 Å². The van der Waals surface area contributed by atoms with Crippen LogP contribution in [0.1, 0.15) is 0 Å². The molecule has 3 rings (SSSR count). The van der Waals surface area contributed by atoms with Crippen LogP contribution in [0, 0.1) is 5.82 Å². The predicted octanol–water partition coefficient (Wildman–Crippen LogP) is 2.54. The molecule has 0 aliphatic heterocycles. The molecule has 3 aromatic rings. The molecule has 0 saturated heterocycles. The minimum Gasteiger partial charge on any atom is -0.497 e. The monoisotopic (exact) mass is 243 g/mol. The molecular weight excluding hydrogens is 233 g/mol. The number of methoxy groups -OCH3 is 1. The van der Waals surface area contributed by atoms with Gasteiger partial charge in [-0.05, 0) is 18.2 Å². The number of nitrogens with zero attached hydrogens (tertiary/aromatic N) is 3. The lowest BCUT2D eigenvalue weighted by molar-refractivity contribution is 0.414. The van der Waals surface area contributed by atoms with Gasteiger partial charge in [0.15, 0.2) is 11.5 Å². The Bertz CT molecular complexity index is 708. The fourth-order valence-electron chi connectivity index (χ4n) is 1.83. The number of benzene rings is 1. The lowest BCUT2D eigenvalue weighted by Gasteiger charge is -2.02. The molecule has 0 bridgehead atoms. The van der Waals surface area contributed by atoms with Crippen molar-refractivity contribution in [1.29, 1.82) is 0 Å². The molecule has 0 radical (unpaired) electrons. The lowest BCUT2D eigenvalue weighted by atomic mass is 10.2. The minimum absolute atomic E-state index is 0.317. The normalized spacial score (nSPS) is 10.8. The van der Waals surface area contributed by atoms with Crippen molar-refractivity contribution in [3.8, 4) is 17.1 Å². The van der Waals surface area contributed by atoms with Crippen molar-refractivity contribution in [2.24, 2.45) is 0 Å². The number of ether oxygens (including phenoxy) is 1. The van der Waals surface area contributed by atoms with Gasteiger partial charge in [0, 0.05) is 12.3 Å². The van der Waals surface area contributed by atoms with Gasteiger partial charge in [-0.15, -0.1) is 10.2 Å². The Kier molecular flexibility index (Phi) is 2.44. The van der Waals surface area contributed by atoms with E-state index < -0.39 is 0 Å². The maximum Gasteiger partial charge on any atom is 0.171 e. The summed E-state index contributed by atoms with van der Waals surface area (Å²) in [4.78, 5) is 0. The Labute approximate surface area is 103 Å². The van der Waals surface area contributed by atoms with Gasteiger partial charge in [-0.1, -0.05) is 12.1 Å². The largest absolute Gasteiger partial charge is 0.497 e. The Morgan fingerprint density at radius 3 is 2.78 bits per heavy atom. The predicted molar refractivity (Wildman–Crippen MR) is 64.9 cm³/mol. The lowest BCUT2D eigenvalue weighted by Crippen LogP contribution is -1.92. The van der Waals surface area contributed by atoms with Crippen LogP contribution in [-0.2, 0) is 0 Å². The van der Waals surface area contributed by atoms with Gasteiger partial charge in [-0.25, -0.2) is 4.39 Å². The summed E-state index contributed by atoms with van der Waals surface area (Å²) < 4.78 is 20.5. The second kappa shape index (κ2) is 4.10. The van der Waals surface area contributed by atoms with Crippen LogP contribution in [0.5, 0.6) is 5.75 Å². The first-order chi connectivity index (χ1) is 8.79. The van der Waals surface area contributed by atoms with Crippen molar-refractivity contribution in [1.82, 2.24) is 14.6 Å². The summed E-state index contributed by atoms with van der Waals surface area (Å²) in [5.74, 6) is 0.850. The summed E-state index contributed by atoms with van der Waals surface area (Å²) in [6.07, 6.45) is 1.76. The average molecular weight is 243 g/mol. The fraction of sp³-hybridized carbons (Fsp3) is 0.0769. The standard InChI is InChI=1S/C13H10FN3O/c1-18-9-6-7-17-12(8-9)15-16-13(17)10-4-2-3-5-11(10)14/h2-8H,1H3. The van der Waals surface area contributed by atoms with Gasteiger partial charge < -0.3 is 4.74 Å². The number of hydrogen-bond acceptors (Lipinski definition) is 3. The first-order valence-electron chi connectivity index (χ1n) is 5.43. The average Bonchev–Trinajstić information content (AvgIpc) is 2.82. The maximum atomic E-state index is 13.7. The van der Waals surface area contributed by atoms with Gasteiger partial charge in [0.1, 0.15) is 11.6 Å². The Hall–Kier alpha value is -2.43. The third-order valence-electron chi connectivity index (χ3n) is 2.73. The van der Waals surface area contributed by atoms with E-state index >= 15 is 0 Å². The van der Waals surface area contributed by atoms with E-state index in [1.807, 2.05) is 0 Å². The van der Waals surface area contributed by atoms with E-state index in [1.54, 1.807) is 48.0 Å². The molecule has 90 valence electrons. The maximum absolute atomic E-state index is 13.7. The van der Waals surface area contributed by atoms with Crippen LogP contribution in [0.3, 0.4) is 0 Å². The zero-order valence-electron chi connectivity index (χ0n) is 9.67. The van der Waals surface area contributed by atoms with Crippen molar-refractivity contribution >= 4 is 5.65 Å². The van der Waals surface area contributed by atoms with Crippen molar-refractivity contribution < 1.29 is 9.13 Å². The summed E-state index contributed by atoms with van der Waals surface area (Å²) in [5.41, 5.74) is 1.04. The smallest absolute Gasteiger partial charge is 0.171 e. The van der Waals surface area contributed by atoms with Crippen LogP contribution in [0.4, 0.5) is 4.39 Å². The summed E-state index contributed by atoms with van der Waals surface area (Å²) in [6.45, 7) is 0. The molecule has 0 aliphatic carbocycles. The fourth-order valence-corrected chi connectivity index (χ4v) is 1.83. The Balaban J connectivity index is 2.22. The van der Waals surface area contributed by atoms with Gasteiger partial charge in [0.2, 0.25) is 0 Å². The Morgan fingerprint density at radius 1 is 1.17 bits per heavy atom. The zero-order valence-corrected chi connectivity index (χ0v) is 9.67. The van der Waals surface area contributed by atoms with E-state index in [4.69, 9.17) is 4.74 Å². The van der Waals surface area contributed by atoms with E-state index in [2.05, 4.69) is 10.2 Å². The molecule has 2 heterocycles.